The smallest absolute Gasteiger partial charge is 0.242 e. The van der Waals surface area contributed by atoms with Gasteiger partial charge in [-0.05, 0) is 43.8 Å². The predicted molar refractivity (Wildman–Crippen MR) is 87.9 cm³/mol. The summed E-state index contributed by atoms with van der Waals surface area (Å²) in [6, 6.07) is 0.288. The van der Waals surface area contributed by atoms with Crippen molar-refractivity contribution in [2.24, 2.45) is 17.4 Å². The van der Waals surface area contributed by atoms with Crippen molar-refractivity contribution < 1.29 is 15.0 Å². The maximum absolute atomic E-state index is 12.4. The molecule has 2 rings (SSSR count). The van der Waals surface area contributed by atoms with Crippen molar-refractivity contribution in [2.45, 2.75) is 56.2 Å². The van der Waals surface area contributed by atoms with E-state index in [-0.39, 0.29) is 23.1 Å². The quantitative estimate of drug-likeness (QED) is 0.247. The lowest BCUT2D eigenvalue weighted by molar-refractivity contribution is -0.139. The molecular formula is C15H27N4O2S+. The van der Waals surface area contributed by atoms with Gasteiger partial charge in [-0.15, -0.1) is 11.8 Å². The van der Waals surface area contributed by atoms with E-state index < -0.39 is 0 Å². The Morgan fingerprint density at radius 2 is 1.95 bits per heavy atom. The Balaban J connectivity index is 1.77. The molecule has 6 N–H and O–H groups in total. The van der Waals surface area contributed by atoms with Gasteiger partial charge in [-0.3, -0.25) is 25.6 Å². The van der Waals surface area contributed by atoms with Crippen LogP contribution in [-0.2, 0) is 9.59 Å². The van der Waals surface area contributed by atoms with Crippen LogP contribution in [0.2, 0.25) is 0 Å². The number of nitrogens with two attached hydrogens (primary N) is 3. The molecule has 0 spiro atoms. The number of hydrogen-bond donors (Lipinski definition) is 3. The Morgan fingerprint density at radius 1 is 1.27 bits per heavy atom. The minimum absolute atomic E-state index is 0.0189. The average molecular weight is 327 g/mol. The zero-order valence-electron chi connectivity index (χ0n) is 13.0. The lowest BCUT2D eigenvalue weighted by Gasteiger charge is -2.28. The lowest BCUT2D eigenvalue weighted by Crippen LogP contribution is -2.45. The van der Waals surface area contributed by atoms with Crippen molar-refractivity contribution in [2.75, 3.05) is 12.3 Å². The van der Waals surface area contributed by atoms with Crippen LogP contribution in [0.3, 0.4) is 0 Å². The fourth-order valence-corrected chi connectivity index (χ4v) is 4.23. The van der Waals surface area contributed by atoms with Crippen LogP contribution >= 0.6 is 11.8 Å². The van der Waals surface area contributed by atoms with Gasteiger partial charge in [0.15, 0.2) is 0 Å². The largest absolute Gasteiger partial charge is 0.328 e. The fraction of sp³-hybridized carbons (Fsp3) is 0.800. The van der Waals surface area contributed by atoms with Crippen LogP contribution in [0, 0.1) is 5.92 Å². The number of likely N-dealkylation sites (tertiary alicyclic amines) is 1. The molecule has 22 heavy (non-hydrogen) atoms. The molecule has 2 amide bonds. The highest BCUT2D eigenvalue weighted by molar-refractivity contribution is 8.00. The van der Waals surface area contributed by atoms with Crippen molar-refractivity contribution in [3.8, 4) is 0 Å². The number of carbonyl (C=O) groups excluding carboxylic acids is 2. The number of thioether (sulfide) groups is 1. The Labute approximate surface area is 135 Å². The molecule has 7 heteroatoms. The molecule has 6 nitrogen and oxygen atoms in total. The van der Waals surface area contributed by atoms with E-state index in [1.54, 1.807) is 11.8 Å². The Morgan fingerprint density at radius 3 is 2.59 bits per heavy atom. The minimum Gasteiger partial charge on any atom is -0.328 e. The molecule has 124 valence electrons. The molecule has 1 aliphatic heterocycles. The summed E-state index contributed by atoms with van der Waals surface area (Å²) in [6.45, 7) is 0.574. The van der Waals surface area contributed by atoms with Crippen LogP contribution in [0.15, 0.2) is 0 Å². The topological polar surface area (TPSA) is 115 Å². The second-order valence-electron chi connectivity index (χ2n) is 6.37. The summed E-state index contributed by atoms with van der Waals surface area (Å²) in [6.07, 6.45) is 5.85. The first-order chi connectivity index (χ1) is 10.5. The van der Waals surface area contributed by atoms with Crippen molar-refractivity contribution >= 4 is 29.4 Å². The van der Waals surface area contributed by atoms with E-state index in [1.807, 2.05) is 0 Å². The molecule has 2 fully saturated rings. The number of amides is 2. The molecule has 0 aromatic heterocycles. The van der Waals surface area contributed by atoms with Crippen LogP contribution in [0.25, 0.3) is 0 Å². The normalized spacial score (nSPS) is 29.1. The highest BCUT2D eigenvalue weighted by atomic mass is 32.2. The van der Waals surface area contributed by atoms with Crippen LogP contribution in [0.4, 0.5) is 0 Å². The second-order valence-corrected chi connectivity index (χ2v) is 7.68. The van der Waals surface area contributed by atoms with Gasteiger partial charge >= 0.3 is 0 Å². The maximum Gasteiger partial charge on any atom is 0.242 e. The molecular weight excluding hydrogens is 300 g/mol. The molecule has 1 saturated carbocycles. The first kappa shape index (κ1) is 17.3. The van der Waals surface area contributed by atoms with Gasteiger partial charge < -0.3 is 5.73 Å². The monoisotopic (exact) mass is 327 g/mol. The SMILES string of the molecule is NC(=[NH2+])CCCSC1CC(=O)N(CC2CCC(N)CC2)C1=O. The van der Waals surface area contributed by atoms with Gasteiger partial charge in [-0.2, -0.15) is 0 Å². The third-order valence-electron chi connectivity index (χ3n) is 4.46. The first-order valence-corrected chi connectivity index (χ1v) is 9.10. The summed E-state index contributed by atoms with van der Waals surface area (Å²) in [7, 11) is 0. The summed E-state index contributed by atoms with van der Waals surface area (Å²) in [5, 5.41) is 5.19. The van der Waals surface area contributed by atoms with Crippen molar-refractivity contribution in [3.63, 3.8) is 0 Å². The first-order valence-electron chi connectivity index (χ1n) is 8.05. The highest BCUT2D eigenvalue weighted by Crippen LogP contribution is 2.30. The predicted octanol–water partition coefficient (Wildman–Crippen LogP) is -0.739. The minimum atomic E-state index is -0.225. The molecule has 1 heterocycles. The van der Waals surface area contributed by atoms with Crippen LogP contribution in [-0.4, -0.2) is 46.1 Å². The van der Waals surface area contributed by atoms with E-state index in [0.717, 1.165) is 37.9 Å². The average Bonchev–Trinajstić information content (AvgIpc) is 2.73. The van der Waals surface area contributed by atoms with Gasteiger partial charge in [0.1, 0.15) is 0 Å². The number of rotatable bonds is 7. The highest BCUT2D eigenvalue weighted by Gasteiger charge is 2.39. The molecule has 2 aliphatic rings. The van der Waals surface area contributed by atoms with Gasteiger partial charge in [0, 0.05) is 25.4 Å². The van der Waals surface area contributed by atoms with Crippen molar-refractivity contribution in [1.29, 1.82) is 0 Å². The zero-order valence-corrected chi connectivity index (χ0v) is 13.8. The summed E-state index contributed by atoms with van der Waals surface area (Å²) < 4.78 is 0. The van der Waals surface area contributed by atoms with E-state index in [4.69, 9.17) is 16.9 Å². The number of carbonyl (C=O) groups is 2. The summed E-state index contributed by atoms with van der Waals surface area (Å²) in [4.78, 5) is 26.0. The molecule has 0 aromatic rings. The molecule has 1 saturated heterocycles. The van der Waals surface area contributed by atoms with Gasteiger partial charge in [-0.25, -0.2) is 0 Å². The summed E-state index contributed by atoms with van der Waals surface area (Å²) >= 11 is 1.55. The van der Waals surface area contributed by atoms with E-state index >= 15 is 0 Å². The Kier molecular flexibility index (Phi) is 6.26. The van der Waals surface area contributed by atoms with Gasteiger partial charge in [0.2, 0.25) is 17.6 Å². The Bertz CT molecular complexity index is 435. The third kappa shape index (κ3) is 4.71. The van der Waals surface area contributed by atoms with Gasteiger partial charge in [-0.1, -0.05) is 0 Å². The number of amidine groups is 1. The molecule has 1 atom stereocenters. The van der Waals surface area contributed by atoms with Gasteiger partial charge in [0.05, 0.1) is 5.25 Å². The van der Waals surface area contributed by atoms with Crippen LogP contribution < -0.4 is 16.9 Å². The van der Waals surface area contributed by atoms with Crippen LogP contribution in [0.1, 0.15) is 44.9 Å². The molecule has 0 aromatic carbocycles. The van der Waals surface area contributed by atoms with Crippen LogP contribution in [0.5, 0.6) is 0 Å². The Hall–Kier alpha value is -1.08. The molecule has 0 radical (unpaired) electrons. The standard InChI is InChI=1S/C15H26N4O2S/c16-11-5-3-10(4-6-11)9-19-14(20)8-12(15(19)21)22-7-1-2-13(17)18/h10-12H,1-9,16H2,(H3,17,18)/p+1. The second kappa shape index (κ2) is 7.97. The van der Waals surface area contributed by atoms with Crippen molar-refractivity contribution in [1.82, 2.24) is 4.90 Å². The number of hydrogen-bond acceptors (Lipinski definition) is 4. The van der Waals surface area contributed by atoms with Crippen molar-refractivity contribution in [3.05, 3.63) is 0 Å². The molecule has 0 bridgehead atoms. The van der Waals surface area contributed by atoms with E-state index in [2.05, 4.69) is 0 Å². The van der Waals surface area contributed by atoms with Gasteiger partial charge in [0.25, 0.3) is 0 Å². The van der Waals surface area contributed by atoms with E-state index in [0.29, 0.717) is 31.1 Å². The third-order valence-corrected chi connectivity index (χ3v) is 5.76. The maximum atomic E-state index is 12.4. The fourth-order valence-electron chi connectivity index (χ4n) is 3.11. The summed E-state index contributed by atoms with van der Waals surface area (Å²) in [5.41, 5.74) is 11.3. The zero-order chi connectivity index (χ0) is 16.1. The van der Waals surface area contributed by atoms with E-state index in [9.17, 15) is 9.59 Å². The molecule has 1 aliphatic carbocycles. The number of nitrogens with zero attached hydrogens (tertiary/aromatic N) is 1. The molecule has 1 unspecified atom stereocenters. The van der Waals surface area contributed by atoms with E-state index in [1.165, 1.54) is 4.90 Å². The lowest BCUT2D eigenvalue weighted by atomic mass is 9.86. The number of imide groups is 1. The summed E-state index contributed by atoms with van der Waals surface area (Å²) in [5.74, 6) is 1.60.